The Hall–Kier alpha value is -6.53. The molecule has 2 aliphatic carbocycles. The van der Waals surface area contributed by atoms with Crippen LogP contribution in [0.15, 0.2) is 103 Å². The Bertz CT molecular complexity index is 2510. The van der Waals surface area contributed by atoms with E-state index >= 15 is 9.59 Å². The average molecular weight is 1110 g/mol. The summed E-state index contributed by atoms with van der Waals surface area (Å²) in [6.07, 6.45) is 3.40. The highest BCUT2D eigenvalue weighted by molar-refractivity contribution is 8.00. The van der Waals surface area contributed by atoms with Gasteiger partial charge in [0, 0.05) is 18.1 Å². The number of carbonyl (C=O) groups is 8. The van der Waals surface area contributed by atoms with Crippen LogP contribution in [0.1, 0.15) is 132 Å². The standard InChI is InChI=1S/C61H83N5O12S/c1-37(2)50(55(72)63-46(57(74)75-13)35-49(68)78-60(10,11)12)65-53(70)45(31-32-48(67)77-59(7,8)9)62-56(73)51(38(3)76-58(4,5)6)66-54(71)47(64-52(69)44-34-39-29-30-40(44)33-39)36-79-61(41-23-17-14-18-24-41,42-25-19-15-20-26-42)43-27-21-16-22-28-43/h14-30,37-40,44-47,50-51H,31-36H2,1-13H3,(H,62,73)(H,63,72)(H,64,69)(H,65,70)(H,66,71)/t38-,39?,40?,44?,45+,46+,47+,50+,51+/m1/s1. The van der Waals surface area contributed by atoms with Crippen molar-refractivity contribution in [2.24, 2.45) is 23.7 Å². The zero-order valence-corrected chi connectivity index (χ0v) is 49.0. The number of ether oxygens (including phenoxy) is 4. The summed E-state index contributed by atoms with van der Waals surface area (Å²) >= 11 is 1.47. The van der Waals surface area contributed by atoms with E-state index in [0.717, 1.165) is 30.2 Å². The summed E-state index contributed by atoms with van der Waals surface area (Å²) in [4.78, 5) is 112. The van der Waals surface area contributed by atoms with Gasteiger partial charge in [-0.2, -0.15) is 0 Å². The van der Waals surface area contributed by atoms with E-state index in [1.165, 1.54) is 11.8 Å². The molecule has 5 N–H and O–H groups in total. The summed E-state index contributed by atoms with van der Waals surface area (Å²) < 4.78 is 21.3. The third-order valence-corrected chi connectivity index (χ3v) is 15.0. The number of esters is 3. The van der Waals surface area contributed by atoms with Crippen LogP contribution in [-0.4, -0.2) is 113 Å². The minimum absolute atomic E-state index is 0.0220. The minimum atomic E-state index is -1.52. The molecule has 3 aromatic carbocycles. The second kappa shape index (κ2) is 27.6. The first-order chi connectivity index (χ1) is 37.0. The van der Waals surface area contributed by atoms with E-state index in [0.29, 0.717) is 6.42 Å². The van der Waals surface area contributed by atoms with Crippen molar-refractivity contribution in [1.82, 2.24) is 26.6 Å². The molecule has 2 bridgehead atoms. The zero-order chi connectivity index (χ0) is 58.5. The van der Waals surface area contributed by atoms with Crippen LogP contribution in [0.2, 0.25) is 0 Å². The SMILES string of the molecule is COC(=O)[C@H](CC(=O)OC(C)(C)C)NC(=O)[C@@H](NC(=O)[C@H](CCC(=O)OC(C)(C)C)NC(=O)[C@@H](NC(=O)[C@H](CSC(c1ccccc1)(c1ccccc1)c1ccccc1)NC(=O)C1CC2C=CC1C2)[C@@H](C)OC(C)(C)C)C(C)C. The summed E-state index contributed by atoms with van der Waals surface area (Å²) in [6.45, 7) is 20.2. The summed E-state index contributed by atoms with van der Waals surface area (Å²) in [5, 5.41) is 14.0. The van der Waals surface area contributed by atoms with E-state index in [1.54, 1.807) is 83.1 Å². The third-order valence-electron chi connectivity index (χ3n) is 13.4. The number of carbonyl (C=O) groups excluding carboxylic acids is 8. The van der Waals surface area contributed by atoms with Gasteiger partial charge in [0.25, 0.3) is 0 Å². The van der Waals surface area contributed by atoms with Gasteiger partial charge in [0.15, 0.2) is 0 Å². The zero-order valence-electron chi connectivity index (χ0n) is 48.1. The normalized spacial score (nSPS) is 18.4. The van der Waals surface area contributed by atoms with E-state index in [2.05, 4.69) is 38.7 Å². The second-order valence-electron chi connectivity index (χ2n) is 23.8. The number of benzene rings is 3. The predicted molar refractivity (Wildman–Crippen MR) is 303 cm³/mol. The van der Waals surface area contributed by atoms with Crippen LogP contribution < -0.4 is 26.6 Å². The third kappa shape index (κ3) is 18.5. The average Bonchev–Trinajstić information content (AvgIpc) is 4.05. The molecule has 5 amide bonds. The van der Waals surface area contributed by atoms with E-state index in [9.17, 15) is 28.8 Å². The molecule has 0 radical (unpaired) electrons. The monoisotopic (exact) mass is 1110 g/mol. The highest BCUT2D eigenvalue weighted by atomic mass is 32.2. The number of hydrogen-bond acceptors (Lipinski definition) is 13. The molecule has 0 aromatic heterocycles. The van der Waals surface area contributed by atoms with Gasteiger partial charge in [-0.15, -0.1) is 11.8 Å². The molecule has 3 aromatic rings. The van der Waals surface area contributed by atoms with Gasteiger partial charge in [0.05, 0.1) is 30.0 Å². The number of fused-ring (bicyclic) bond motifs is 2. The number of allylic oxidation sites excluding steroid dienone is 2. The van der Waals surface area contributed by atoms with E-state index in [4.69, 9.17) is 18.9 Å². The van der Waals surface area contributed by atoms with Crippen LogP contribution in [0, 0.1) is 23.7 Å². The van der Waals surface area contributed by atoms with E-state index < -0.39 is 112 Å². The number of methoxy groups -OCH3 is 1. The van der Waals surface area contributed by atoms with E-state index in [1.807, 2.05) is 91.0 Å². The number of thioether (sulfide) groups is 1. The van der Waals surface area contributed by atoms with Crippen LogP contribution in [-0.2, 0) is 62.1 Å². The molecule has 9 atom stereocenters. The first-order valence-electron chi connectivity index (χ1n) is 27.2. The Morgan fingerprint density at radius 2 is 1.04 bits per heavy atom. The van der Waals surface area contributed by atoms with Gasteiger partial charge in [0.2, 0.25) is 29.5 Å². The topological polar surface area (TPSA) is 234 Å². The highest BCUT2D eigenvalue weighted by Gasteiger charge is 2.44. The molecule has 0 spiro atoms. The molecule has 1 fully saturated rings. The fraction of sp³-hybridized carbons (Fsp3) is 0.541. The van der Waals surface area contributed by atoms with Crippen molar-refractivity contribution in [2.75, 3.05) is 12.9 Å². The van der Waals surface area contributed by atoms with Crippen molar-refractivity contribution in [3.8, 4) is 0 Å². The van der Waals surface area contributed by atoms with Crippen LogP contribution >= 0.6 is 11.8 Å². The highest BCUT2D eigenvalue weighted by Crippen LogP contribution is 2.49. The summed E-state index contributed by atoms with van der Waals surface area (Å²) in [6, 6.07) is 22.7. The van der Waals surface area contributed by atoms with Crippen molar-refractivity contribution in [2.45, 2.75) is 173 Å². The molecule has 5 rings (SSSR count). The first-order valence-corrected chi connectivity index (χ1v) is 28.2. The van der Waals surface area contributed by atoms with Gasteiger partial charge in [-0.05, 0) is 123 Å². The Kier molecular flexibility index (Phi) is 22.1. The van der Waals surface area contributed by atoms with Gasteiger partial charge in [-0.1, -0.05) is 117 Å². The van der Waals surface area contributed by atoms with Crippen molar-refractivity contribution in [1.29, 1.82) is 0 Å². The Balaban J connectivity index is 1.51. The summed E-state index contributed by atoms with van der Waals surface area (Å²) in [7, 11) is 1.10. The Labute approximate surface area is 470 Å². The summed E-state index contributed by atoms with van der Waals surface area (Å²) in [5.41, 5.74) is 0.175. The number of amides is 5. The molecule has 0 aliphatic heterocycles. The van der Waals surface area contributed by atoms with Crippen LogP contribution in [0.25, 0.3) is 0 Å². The van der Waals surface area contributed by atoms with Crippen molar-refractivity contribution in [3.05, 3.63) is 120 Å². The number of rotatable bonds is 25. The van der Waals surface area contributed by atoms with Crippen LogP contribution in [0.5, 0.6) is 0 Å². The Morgan fingerprint density at radius 3 is 1.49 bits per heavy atom. The lowest BCUT2D eigenvalue weighted by Crippen LogP contribution is -2.62. The minimum Gasteiger partial charge on any atom is -0.467 e. The lowest BCUT2D eigenvalue weighted by atomic mass is 9.84. The fourth-order valence-corrected chi connectivity index (χ4v) is 11.5. The van der Waals surface area contributed by atoms with Crippen LogP contribution in [0.3, 0.4) is 0 Å². The van der Waals surface area contributed by atoms with Crippen molar-refractivity contribution >= 4 is 59.2 Å². The molecule has 18 heteroatoms. The first kappa shape index (κ1) is 63.3. The van der Waals surface area contributed by atoms with Gasteiger partial charge in [-0.3, -0.25) is 33.6 Å². The second-order valence-corrected chi connectivity index (χ2v) is 25.0. The van der Waals surface area contributed by atoms with Crippen molar-refractivity contribution in [3.63, 3.8) is 0 Å². The molecule has 79 heavy (non-hydrogen) atoms. The Morgan fingerprint density at radius 1 is 0.557 bits per heavy atom. The van der Waals surface area contributed by atoms with Gasteiger partial charge in [0.1, 0.15) is 41.4 Å². The molecule has 0 saturated heterocycles. The maximum Gasteiger partial charge on any atom is 0.328 e. The van der Waals surface area contributed by atoms with E-state index in [-0.39, 0.29) is 42.3 Å². The largest absolute Gasteiger partial charge is 0.467 e. The maximum atomic E-state index is 15.3. The fourth-order valence-electron chi connectivity index (χ4n) is 9.92. The molecule has 430 valence electrons. The molecule has 0 heterocycles. The molecule has 3 unspecified atom stereocenters. The predicted octanol–water partition coefficient (Wildman–Crippen LogP) is 7.23. The molecule has 1 saturated carbocycles. The smallest absolute Gasteiger partial charge is 0.328 e. The quantitative estimate of drug-likeness (QED) is 0.0244. The van der Waals surface area contributed by atoms with Gasteiger partial charge >= 0.3 is 17.9 Å². The molecular formula is C61H83N5O12S. The lowest BCUT2D eigenvalue weighted by Gasteiger charge is -2.37. The molecule has 17 nitrogen and oxygen atoms in total. The number of nitrogens with one attached hydrogen (secondary N) is 5. The maximum absolute atomic E-state index is 15.3. The van der Waals surface area contributed by atoms with Crippen molar-refractivity contribution < 1.29 is 57.3 Å². The van der Waals surface area contributed by atoms with Gasteiger partial charge in [-0.25, -0.2) is 4.79 Å². The number of hydrogen-bond donors (Lipinski definition) is 5. The lowest BCUT2D eigenvalue weighted by molar-refractivity contribution is -0.159. The molecular weight excluding hydrogens is 1030 g/mol. The summed E-state index contributed by atoms with van der Waals surface area (Å²) in [5.74, 6) is -6.63. The van der Waals surface area contributed by atoms with Crippen LogP contribution in [0.4, 0.5) is 0 Å². The molecule has 2 aliphatic rings. The van der Waals surface area contributed by atoms with Gasteiger partial charge < -0.3 is 45.5 Å².